The first-order valence-corrected chi connectivity index (χ1v) is 6.35. The molecule has 3 heterocycles. The van der Waals surface area contributed by atoms with E-state index in [1.165, 1.54) is 6.08 Å². The van der Waals surface area contributed by atoms with Crippen LogP contribution in [0.4, 0.5) is 10.7 Å². The van der Waals surface area contributed by atoms with Crippen molar-refractivity contribution in [3.63, 3.8) is 0 Å². The summed E-state index contributed by atoms with van der Waals surface area (Å²) in [6.07, 6.45) is 3.18. The van der Waals surface area contributed by atoms with Crippen molar-refractivity contribution in [3.05, 3.63) is 23.7 Å². The van der Waals surface area contributed by atoms with Crippen LogP contribution in [0.1, 0.15) is 5.69 Å². The van der Waals surface area contributed by atoms with Crippen LogP contribution in [0.15, 0.2) is 18.0 Å². The Kier molecular flexibility index (Phi) is 3.30. The molecule has 3 N–H and O–H groups in total. The zero-order valence-corrected chi connectivity index (χ0v) is 10.7. The third kappa shape index (κ3) is 2.59. The number of piperazine rings is 1. The van der Waals surface area contributed by atoms with Crippen LogP contribution in [-0.4, -0.2) is 48.1 Å². The van der Waals surface area contributed by atoms with Gasteiger partial charge in [0.25, 0.3) is 5.91 Å². The molecule has 8 nitrogen and oxygen atoms in total. The van der Waals surface area contributed by atoms with Crippen molar-refractivity contribution in [1.29, 1.82) is 0 Å². The highest BCUT2D eigenvalue weighted by molar-refractivity contribution is 6.13. The Labute approximate surface area is 115 Å². The summed E-state index contributed by atoms with van der Waals surface area (Å²) < 4.78 is 0. The van der Waals surface area contributed by atoms with Crippen molar-refractivity contribution in [1.82, 2.24) is 25.9 Å². The largest absolute Gasteiger partial charge is 0.338 e. The van der Waals surface area contributed by atoms with E-state index >= 15 is 0 Å². The first kappa shape index (κ1) is 12.5. The van der Waals surface area contributed by atoms with Gasteiger partial charge >= 0.3 is 6.03 Å². The lowest BCUT2D eigenvalue weighted by molar-refractivity contribution is -0.115. The third-order valence-corrected chi connectivity index (χ3v) is 3.08. The van der Waals surface area contributed by atoms with Gasteiger partial charge < -0.3 is 15.5 Å². The Morgan fingerprint density at radius 3 is 2.70 bits per heavy atom. The molecule has 2 saturated heterocycles. The van der Waals surface area contributed by atoms with Crippen LogP contribution in [0, 0.1) is 0 Å². The number of nitrogens with one attached hydrogen (secondary N) is 3. The monoisotopic (exact) mass is 274 g/mol. The van der Waals surface area contributed by atoms with E-state index in [4.69, 9.17) is 0 Å². The van der Waals surface area contributed by atoms with E-state index in [-0.39, 0.29) is 5.70 Å². The summed E-state index contributed by atoms with van der Waals surface area (Å²) in [6.45, 7) is 3.48. The molecule has 0 saturated carbocycles. The summed E-state index contributed by atoms with van der Waals surface area (Å²) in [5, 5.41) is 7.83. The normalized spacial score (nSPS) is 21.0. The van der Waals surface area contributed by atoms with Gasteiger partial charge in [0.05, 0.1) is 5.69 Å². The standard InChI is InChI=1S/C12H14N6O2/c19-10-9(16-12(20)17-10)7-8-1-2-14-11(15-8)18-5-3-13-4-6-18/h1-2,7,13H,3-6H2,(H2,16,17,19,20). The Hall–Kier alpha value is -2.48. The highest BCUT2D eigenvalue weighted by atomic mass is 16.2. The van der Waals surface area contributed by atoms with Crippen LogP contribution in [0.2, 0.25) is 0 Å². The minimum absolute atomic E-state index is 0.194. The fraction of sp³-hybridized carbons (Fsp3) is 0.333. The highest BCUT2D eigenvalue weighted by Crippen LogP contribution is 2.11. The number of carbonyl (C=O) groups is 2. The van der Waals surface area contributed by atoms with Crippen molar-refractivity contribution in [2.24, 2.45) is 0 Å². The second-order valence-electron chi connectivity index (χ2n) is 4.48. The Balaban J connectivity index is 1.82. The van der Waals surface area contributed by atoms with Crippen LogP contribution in [0.3, 0.4) is 0 Å². The first-order valence-electron chi connectivity index (χ1n) is 6.35. The van der Waals surface area contributed by atoms with E-state index in [2.05, 4.69) is 30.8 Å². The van der Waals surface area contributed by atoms with E-state index < -0.39 is 11.9 Å². The van der Waals surface area contributed by atoms with Crippen molar-refractivity contribution < 1.29 is 9.59 Å². The van der Waals surface area contributed by atoms with E-state index in [0.717, 1.165) is 26.2 Å². The lowest BCUT2D eigenvalue weighted by atomic mass is 10.3. The maximum absolute atomic E-state index is 11.5. The smallest absolute Gasteiger partial charge is 0.326 e. The SMILES string of the molecule is O=C1NC(=O)C(=Cc2ccnc(N3CCNCC3)n2)N1. The number of hydrogen-bond donors (Lipinski definition) is 3. The van der Waals surface area contributed by atoms with Gasteiger partial charge in [-0.15, -0.1) is 0 Å². The molecule has 0 atom stereocenters. The molecule has 2 fully saturated rings. The molecule has 1 aromatic rings. The van der Waals surface area contributed by atoms with Crippen LogP contribution in [0.5, 0.6) is 0 Å². The molecule has 20 heavy (non-hydrogen) atoms. The lowest BCUT2D eigenvalue weighted by Crippen LogP contribution is -2.44. The summed E-state index contributed by atoms with van der Waals surface area (Å²) in [7, 11) is 0. The molecular weight excluding hydrogens is 260 g/mol. The summed E-state index contributed by atoms with van der Waals surface area (Å²) in [5.74, 6) is 0.183. The predicted molar refractivity (Wildman–Crippen MR) is 71.8 cm³/mol. The predicted octanol–water partition coefficient (Wildman–Crippen LogP) is -0.933. The van der Waals surface area contributed by atoms with Crippen molar-refractivity contribution in [2.75, 3.05) is 31.1 Å². The second-order valence-corrected chi connectivity index (χ2v) is 4.48. The topological polar surface area (TPSA) is 99.2 Å². The van der Waals surface area contributed by atoms with Gasteiger partial charge in [0.2, 0.25) is 5.95 Å². The average molecular weight is 274 g/mol. The quantitative estimate of drug-likeness (QED) is 0.476. The van der Waals surface area contributed by atoms with Gasteiger partial charge in [0.15, 0.2) is 0 Å². The number of urea groups is 1. The Morgan fingerprint density at radius 1 is 1.20 bits per heavy atom. The van der Waals surface area contributed by atoms with Gasteiger partial charge in [0.1, 0.15) is 5.70 Å². The van der Waals surface area contributed by atoms with Gasteiger partial charge in [-0.05, 0) is 12.1 Å². The molecular formula is C12H14N6O2. The molecule has 0 aliphatic carbocycles. The van der Waals surface area contributed by atoms with Gasteiger partial charge in [-0.1, -0.05) is 0 Å². The molecule has 0 unspecified atom stereocenters. The van der Waals surface area contributed by atoms with E-state index in [1.54, 1.807) is 12.3 Å². The van der Waals surface area contributed by atoms with Crippen LogP contribution < -0.4 is 20.9 Å². The van der Waals surface area contributed by atoms with Crippen molar-refractivity contribution >= 4 is 24.0 Å². The molecule has 8 heteroatoms. The van der Waals surface area contributed by atoms with E-state index in [1.807, 2.05) is 0 Å². The fourth-order valence-electron chi connectivity index (χ4n) is 2.09. The molecule has 2 aliphatic rings. The van der Waals surface area contributed by atoms with Gasteiger partial charge in [0, 0.05) is 32.4 Å². The molecule has 0 spiro atoms. The Morgan fingerprint density at radius 2 is 2.00 bits per heavy atom. The molecule has 0 radical (unpaired) electrons. The van der Waals surface area contributed by atoms with Crippen molar-refractivity contribution in [2.45, 2.75) is 0 Å². The molecule has 104 valence electrons. The second kappa shape index (κ2) is 5.25. The number of amides is 3. The number of imide groups is 1. The maximum Gasteiger partial charge on any atom is 0.326 e. The summed E-state index contributed by atoms with van der Waals surface area (Å²) in [6, 6.07) is 1.17. The minimum atomic E-state index is -0.516. The zero-order chi connectivity index (χ0) is 13.9. The number of rotatable bonds is 2. The fourth-order valence-corrected chi connectivity index (χ4v) is 2.09. The lowest BCUT2D eigenvalue weighted by Gasteiger charge is -2.27. The summed E-state index contributed by atoms with van der Waals surface area (Å²) in [5.41, 5.74) is 0.779. The van der Waals surface area contributed by atoms with Gasteiger partial charge in [-0.25, -0.2) is 14.8 Å². The van der Waals surface area contributed by atoms with E-state index in [0.29, 0.717) is 11.6 Å². The molecule has 3 amide bonds. The summed E-state index contributed by atoms with van der Waals surface area (Å²) in [4.78, 5) is 33.2. The van der Waals surface area contributed by atoms with Crippen LogP contribution in [-0.2, 0) is 4.79 Å². The number of carbonyl (C=O) groups excluding carboxylic acids is 2. The Bertz CT molecular complexity index is 579. The maximum atomic E-state index is 11.5. The van der Waals surface area contributed by atoms with Crippen LogP contribution >= 0.6 is 0 Å². The van der Waals surface area contributed by atoms with Gasteiger partial charge in [-0.3, -0.25) is 10.1 Å². The first-order chi connectivity index (χ1) is 9.72. The number of aromatic nitrogens is 2. The molecule has 0 aromatic carbocycles. The number of nitrogens with zero attached hydrogens (tertiary/aromatic N) is 3. The molecule has 3 rings (SSSR count). The zero-order valence-electron chi connectivity index (χ0n) is 10.7. The molecule has 0 bridgehead atoms. The summed E-state index contributed by atoms with van der Waals surface area (Å²) >= 11 is 0. The average Bonchev–Trinajstić information content (AvgIpc) is 2.78. The van der Waals surface area contributed by atoms with Crippen LogP contribution in [0.25, 0.3) is 6.08 Å². The number of anilines is 1. The minimum Gasteiger partial charge on any atom is -0.338 e. The van der Waals surface area contributed by atoms with E-state index in [9.17, 15) is 9.59 Å². The molecule has 1 aromatic heterocycles. The van der Waals surface area contributed by atoms with Crippen molar-refractivity contribution in [3.8, 4) is 0 Å². The number of hydrogen-bond acceptors (Lipinski definition) is 6. The third-order valence-electron chi connectivity index (χ3n) is 3.08. The highest BCUT2D eigenvalue weighted by Gasteiger charge is 2.23. The molecule has 2 aliphatic heterocycles. The van der Waals surface area contributed by atoms with Gasteiger partial charge in [-0.2, -0.15) is 0 Å².